The molecule has 0 saturated heterocycles. The van der Waals surface area contributed by atoms with Gasteiger partial charge in [0.05, 0.1) is 23.2 Å². The monoisotopic (exact) mass is 370 g/mol. The molecule has 0 saturated carbocycles. The quantitative estimate of drug-likeness (QED) is 0.680. The highest BCUT2D eigenvalue weighted by Gasteiger charge is 2.16. The summed E-state index contributed by atoms with van der Waals surface area (Å²) in [6.07, 6.45) is 1.01. The fourth-order valence-corrected chi connectivity index (χ4v) is 3.43. The number of nitrogens with one attached hydrogen (secondary N) is 1. The number of aryl methyl sites for hydroxylation is 1. The van der Waals surface area contributed by atoms with Crippen LogP contribution in [0.3, 0.4) is 0 Å². The number of hydrogen-bond acceptors (Lipinski definition) is 3. The van der Waals surface area contributed by atoms with Crippen LogP contribution in [-0.2, 0) is 17.6 Å². The standard InChI is InChI=1S/C20H19ClN2OS/c1-14-22-18(13-25-14)12-20(24)23-19(16-5-3-2-4-6-16)11-15-7-9-17(21)10-8-15/h2-10,13,19H,11-12H2,1H3,(H,23,24). The molecule has 1 atom stereocenters. The number of hydrogen-bond donors (Lipinski definition) is 1. The maximum Gasteiger partial charge on any atom is 0.226 e. The molecule has 1 unspecified atom stereocenters. The molecule has 25 heavy (non-hydrogen) atoms. The van der Waals surface area contributed by atoms with Crippen LogP contribution in [0.2, 0.25) is 5.02 Å². The van der Waals surface area contributed by atoms with Gasteiger partial charge in [0.15, 0.2) is 0 Å². The van der Waals surface area contributed by atoms with Crippen LogP contribution < -0.4 is 5.32 Å². The van der Waals surface area contributed by atoms with Gasteiger partial charge in [0.2, 0.25) is 5.91 Å². The van der Waals surface area contributed by atoms with Crippen LogP contribution in [0.5, 0.6) is 0 Å². The summed E-state index contributed by atoms with van der Waals surface area (Å²) in [7, 11) is 0. The first kappa shape index (κ1) is 17.6. The highest BCUT2D eigenvalue weighted by molar-refractivity contribution is 7.09. The van der Waals surface area contributed by atoms with E-state index in [1.807, 2.05) is 66.9 Å². The molecule has 0 aliphatic rings. The van der Waals surface area contributed by atoms with Gasteiger partial charge in [0.25, 0.3) is 0 Å². The zero-order chi connectivity index (χ0) is 17.6. The lowest BCUT2D eigenvalue weighted by Crippen LogP contribution is -2.31. The molecule has 3 nitrogen and oxygen atoms in total. The third kappa shape index (κ3) is 5.15. The Morgan fingerprint density at radius 2 is 1.88 bits per heavy atom. The number of nitrogens with zero attached hydrogens (tertiary/aromatic N) is 1. The number of benzene rings is 2. The summed E-state index contributed by atoms with van der Waals surface area (Å²) in [6.45, 7) is 1.94. The molecule has 128 valence electrons. The normalized spacial score (nSPS) is 11.9. The Kier molecular flexibility index (Phi) is 5.84. The molecule has 2 aromatic carbocycles. The van der Waals surface area contributed by atoms with E-state index in [0.29, 0.717) is 17.9 Å². The Morgan fingerprint density at radius 3 is 2.52 bits per heavy atom. The van der Waals surface area contributed by atoms with Gasteiger partial charge in [0.1, 0.15) is 0 Å². The lowest BCUT2D eigenvalue weighted by Gasteiger charge is -2.19. The summed E-state index contributed by atoms with van der Waals surface area (Å²) in [5, 5.41) is 6.77. The first-order valence-corrected chi connectivity index (χ1v) is 9.35. The molecule has 1 aromatic heterocycles. The van der Waals surface area contributed by atoms with Crippen LogP contribution in [0.4, 0.5) is 0 Å². The Morgan fingerprint density at radius 1 is 1.16 bits per heavy atom. The second kappa shape index (κ2) is 8.28. The predicted octanol–water partition coefficient (Wildman–Crippen LogP) is 4.75. The highest BCUT2D eigenvalue weighted by atomic mass is 35.5. The van der Waals surface area contributed by atoms with Crippen molar-refractivity contribution in [2.45, 2.75) is 25.8 Å². The highest BCUT2D eigenvalue weighted by Crippen LogP contribution is 2.20. The van der Waals surface area contributed by atoms with E-state index >= 15 is 0 Å². The van der Waals surface area contributed by atoms with Crippen molar-refractivity contribution in [2.24, 2.45) is 0 Å². The van der Waals surface area contributed by atoms with Crippen LogP contribution in [0.15, 0.2) is 60.0 Å². The summed E-state index contributed by atoms with van der Waals surface area (Å²) in [4.78, 5) is 16.8. The summed E-state index contributed by atoms with van der Waals surface area (Å²) >= 11 is 7.53. The fourth-order valence-electron chi connectivity index (χ4n) is 2.69. The molecular weight excluding hydrogens is 352 g/mol. The van der Waals surface area contributed by atoms with E-state index in [1.54, 1.807) is 11.3 Å². The molecule has 0 spiro atoms. The molecular formula is C20H19ClN2OS. The van der Waals surface area contributed by atoms with Gasteiger partial charge in [-0.3, -0.25) is 4.79 Å². The van der Waals surface area contributed by atoms with Gasteiger partial charge in [-0.25, -0.2) is 4.98 Å². The minimum atomic E-state index is -0.0883. The molecule has 0 bridgehead atoms. The third-order valence-electron chi connectivity index (χ3n) is 3.90. The van der Waals surface area contributed by atoms with Crippen molar-refractivity contribution in [1.29, 1.82) is 0 Å². The van der Waals surface area contributed by atoms with Gasteiger partial charge in [-0.2, -0.15) is 0 Å². The minimum Gasteiger partial charge on any atom is -0.349 e. The number of aromatic nitrogens is 1. The Bertz CT molecular complexity index is 830. The first-order chi connectivity index (χ1) is 12.1. The summed E-state index contributed by atoms with van der Waals surface area (Å²) < 4.78 is 0. The van der Waals surface area contributed by atoms with E-state index in [0.717, 1.165) is 21.8 Å². The number of halogens is 1. The molecule has 1 N–H and O–H groups in total. The zero-order valence-electron chi connectivity index (χ0n) is 13.9. The van der Waals surface area contributed by atoms with Gasteiger partial charge in [0, 0.05) is 10.4 Å². The molecule has 0 aliphatic heterocycles. The number of carbonyl (C=O) groups excluding carboxylic acids is 1. The van der Waals surface area contributed by atoms with Crippen molar-refractivity contribution >= 4 is 28.8 Å². The van der Waals surface area contributed by atoms with Crippen LogP contribution in [-0.4, -0.2) is 10.9 Å². The van der Waals surface area contributed by atoms with E-state index in [4.69, 9.17) is 11.6 Å². The Balaban J connectivity index is 1.74. The van der Waals surface area contributed by atoms with E-state index in [9.17, 15) is 4.79 Å². The van der Waals surface area contributed by atoms with E-state index in [1.165, 1.54) is 0 Å². The summed E-state index contributed by atoms with van der Waals surface area (Å²) in [5.41, 5.74) is 3.03. The lowest BCUT2D eigenvalue weighted by atomic mass is 9.98. The topological polar surface area (TPSA) is 42.0 Å². The first-order valence-electron chi connectivity index (χ1n) is 8.10. The van der Waals surface area contributed by atoms with Crippen LogP contribution in [0, 0.1) is 6.92 Å². The second-order valence-electron chi connectivity index (χ2n) is 5.90. The van der Waals surface area contributed by atoms with Crippen molar-refractivity contribution in [2.75, 3.05) is 0 Å². The van der Waals surface area contributed by atoms with Gasteiger partial charge in [-0.05, 0) is 36.6 Å². The molecule has 1 heterocycles. The van der Waals surface area contributed by atoms with Crippen molar-refractivity contribution in [3.8, 4) is 0 Å². The molecule has 5 heteroatoms. The number of amides is 1. The fraction of sp³-hybridized carbons (Fsp3) is 0.200. The molecule has 0 aliphatic carbocycles. The van der Waals surface area contributed by atoms with Gasteiger partial charge >= 0.3 is 0 Å². The summed E-state index contributed by atoms with van der Waals surface area (Å²) in [5.74, 6) is -0.0203. The number of rotatable bonds is 6. The van der Waals surface area contributed by atoms with E-state index in [-0.39, 0.29) is 11.9 Å². The number of thiazole rings is 1. The maximum atomic E-state index is 12.5. The predicted molar refractivity (Wildman–Crippen MR) is 103 cm³/mol. The minimum absolute atomic E-state index is 0.0203. The third-order valence-corrected chi connectivity index (χ3v) is 4.97. The maximum absolute atomic E-state index is 12.5. The zero-order valence-corrected chi connectivity index (χ0v) is 15.5. The van der Waals surface area contributed by atoms with Crippen LogP contribution in [0.25, 0.3) is 0 Å². The van der Waals surface area contributed by atoms with Crippen LogP contribution in [0.1, 0.15) is 27.9 Å². The molecule has 0 radical (unpaired) electrons. The van der Waals surface area contributed by atoms with Gasteiger partial charge in [-0.1, -0.05) is 54.1 Å². The van der Waals surface area contributed by atoms with Gasteiger partial charge in [-0.15, -0.1) is 11.3 Å². The van der Waals surface area contributed by atoms with E-state index in [2.05, 4.69) is 10.3 Å². The summed E-state index contributed by atoms with van der Waals surface area (Å²) in [6, 6.07) is 17.7. The van der Waals surface area contributed by atoms with Gasteiger partial charge < -0.3 is 5.32 Å². The molecule has 3 rings (SSSR count). The van der Waals surface area contributed by atoms with Crippen LogP contribution >= 0.6 is 22.9 Å². The smallest absolute Gasteiger partial charge is 0.226 e. The number of carbonyl (C=O) groups is 1. The molecule has 3 aromatic rings. The average Bonchev–Trinajstić information content (AvgIpc) is 3.01. The van der Waals surface area contributed by atoms with Crippen molar-refractivity contribution in [1.82, 2.24) is 10.3 Å². The Hall–Kier alpha value is -2.17. The van der Waals surface area contributed by atoms with Crippen molar-refractivity contribution in [3.05, 3.63) is 86.8 Å². The second-order valence-corrected chi connectivity index (χ2v) is 7.39. The van der Waals surface area contributed by atoms with E-state index < -0.39 is 0 Å². The SMILES string of the molecule is Cc1nc(CC(=O)NC(Cc2ccc(Cl)cc2)c2ccccc2)cs1. The average molecular weight is 371 g/mol. The largest absolute Gasteiger partial charge is 0.349 e. The Labute approximate surface area is 156 Å². The van der Waals surface area contributed by atoms with Crippen molar-refractivity contribution < 1.29 is 4.79 Å². The molecule has 0 fully saturated rings. The molecule has 1 amide bonds. The van der Waals surface area contributed by atoms with Crippen molar-refractivity contribution in [3.63, 3.8) is 0 Å². The lowest BCUT2D eigenvalue weighted by molar-refractivity contribution is -0.121.